The molecule has 2 aliphatic rings. The van der Waals surface area contributed by atoms with Gasteiger partial charge in [-0.3, -0.25) is 4.79 Å². The van der Waals surface area contributed by atoms with Crippen LogP contribution in [0.15, 0.2) is 0 Å². The van der Waals surface area contributed by atoms with Crippen LogP contribution in [0.2, 0.25) is 0 Å². The summed E-state index contributed by atoms with van der Waals surface area (Å²) in [5.41, 5.74) is 0. The summed E-state index contributed by atoms with van der Waals surface area (Å²) >= 11 is 0. The Morgan fingerprint density at radius 3 is 2.00 bits per heavy atom. The van der Waals surface area contributed by atoms with Gasteiger partial charge in [0.05, 0.1) is 0 Å². The Kier molecular flexibility index (Phi) is 6.56. The van der Waals surface area contributed by atoms with Gasteiger partial charge in [0.1, 0.15) is 0 Å². The van der Waals surface area contributed by atoms with Crippen LogP contribution >= 0.6 is 0 Å². The first kappa shape index (κ1) is 14.5. The SMILES string of the molecule is CC.CN1CCC(C(=O)N2CCCCC2)CC1. The van der Waals surface area contributed by atoms with E-state index in [1.807, 2.05) is 13.8 Å². The molecule has 3 nitrogen and oxygen atoms in total. The predicted octanol–water partition coefficient (Wildman–Crippen LogP) is 2.37. The van der Waals surface area contributed by atoms with Gasteiger partial charge in [-0.05, 0) is 52.2 Å². The minimum atomic E-state index is 0.319. The van der Waals surface area contributed by atoms with Crippen molar-refractivity contribution in [1.82, 2.24) is 9.80 Å². The van der Waals surface area contributed by atoms with Gasteiger partial charge in [-0.1, -0.05) is 13.8 Å². The number of piperidine rings is 2. The number of carbonyl (C=O) groups excluding carboxylic acids is 1. The number of hydrogen-bond donors (Lipinski definition) is 0. The van der Waals surface area contributed by atoms with E-state index in [0.717, 1.165) is 39.0 Å². The lowest BCUT2D eigenvalue weighted by Gasteiger charge is -2.34. The zero-order valence-electron chi connectivity index (χ0n) is 11.7. The van der Waals surface area contributed by atoms with Crippen molar-refractivity contribution in [1.29, 1.82) is 0 Å². The van der Waals surface area contributed by atoms with E-state index in [2.05, 4.69) is 16.8 Å². The lowest BCUT2D eigenvalue weighted by molar-refractivity contribution is -0.137. The summed E-state index contributed by atoms with van der Waals surface area (Å²) in [6, 6.07) is 0. The second-order valence-corrected chi connectivity index (χ2v) is 4.96. The van der Waals surface area contributed by atoms with Gasteiger partial charge in [0.25, 0.3) is 0 Å². The lowest BCUT2D eigenvalue weighted by Crippen LogP contribution is -2.43. The van der Waals surface area contributed by atoms with Crippen LogP contribution in [0.1, 0.15) is 46.0 Å². The molecule has 17 heavy (non-hydrogen) atoms. The van der Waals surface area contributed by atoms with Gasteiger partial charge in [0, 0.05) is 19.0 Å². The molecule has 0 spiro atoms. The molecule has 100 valence electrons. The van der Waals surface area contributed by atoms with Gasteiger partial charge >= 0.3 is 0 Å². The molecule has 0 aliphatic carbocycles. The molecular weight excluding hydrogens is 212 g/mol. The number of rotatable bonds is 1. The molecule has 0 atom stereocenters. The molecule has 2 rings (SSSR count). The number of likely N-dealkylation sites (tertiary alicyclic amines) is 2. The van der Waals surface area contributed by atoms with Crippen LogP contribution in [0.5, 0.6) is 0 Å². The molecular formula is C14H28N2O. The molecule has 2 fully saturated rings. The van der Waals surface area contributed by atoms with Crippen LogP contribution in [0, 0.1) is 5.92 Å². The minimum Gasteiger partial charge on any atom is -0.342 e. The number of nitrogens with zero attached hydrogens (tertiary/aromatic N) is 2. The highest BCUT2D eigenvalue weighted by atomic mass is 16.2. The predicted molar refractivity (Wildman–Crippen MR) is 72.0 cm³/mol. The Morgan fingerprint density at radius 2 is 1.47 bits per heavy atom. The minimum absolute atomic E-state index is 0.319. The van der Waals surface area contributed by atoms with Crippen molar-refractivity contribution in [3.05, 3.63) is 0 Å². The fourth-order valence-electron chi connectivity index (χ4n) is 2.63. The zero-order valence-corrected chi connectivity index (χ0v) is 11.7. The number of hydrogen-bond acceptors (Lipinski definition) is 2. The molecule has 0 bridgehead atoms. The van der Waals surface area contributed by atoms with Gasteiger partial charge in [-0.2, -0.15) is 0 Å². The van der Waals surface area contributed by atoms with Crippen molar-refractivity contribution >= 4 is 5.91 Å². The summed E-state index contributed by atoms with van der Waals surface area (Å²) < 4.78 is 0. The first-order valence-electron chi connectivity index (χ1n) is 7.25. The highest BCUT2D eigenvalue weighted by molar-refractivity contribution is 5.79. The number of carbonyl (C=O) groups is 1. The molecule has 0 saturated carbocycles. The summed E-state index contributed by atoms with van der Waals surface area (Å²) in [5, 5.41) is 0. The maximum atomic E-state index is 12.2. The largest absolute Gasteiger partial charge is 0.342 e. The highest BCUT2D eigenvalue weighted by Gasteiger charge is 2.27. The van der Waals surface area contributed by atoms with E-state index >= 15 is 0 Å². The zero-order chi connectivity index (χ0) is 12.7. The van der Waals surface area contributed by atoms with E-state index < -0.39 is 0 Å². The molecule has 0 unspecified atom stereocenters. The summed E-state index contributed by atoms with van der Waals surface area (Å²) in [5.74, 6) is 0.752. The Balaban J connectivity index is 0.000000686. The van der Waals surface area contributed by atoms with Crippen LogP contribution in [-0.2, 0) is 4.79 Å². The molecule has 0 N–H and O–H groups in total. The maximum absolute atomic E-state index is 12.2. The molecule has 1 amide bonds. The van der Waals surface area contributed by atoms with Crippen LogP contribution in [0.25, 0.3) is 0 Å². The Bertz CT molecular complexity index is 216. The van der Waals surface area contributed by atoms with Gasteiger partial charge < -0.3 is 9.80 Å². The monoisotopic (exact) mass is 240 g/mol. The highest BCUT2D eigenvalue weighted by Crippen LogP contribution is 2.20. The van der Waals surface area contributed by atoms with Gasteiger partial charge in [-0.15, -0.1) is 0 Å². The summed E-state index contributed by atoms with van der Waals surface area (Å²) in [6.07, 6.45) is 5.84. The molecule has 0 aromatic heterocycles. The molecule has 0 radical (unpaired) electrons. The van der Waals surface area contributed by atoms with Crippen molar-refractivity contribution in [3.63, 3.8) is 0 Å². The molecule has 2 heterocycles. The van der Waals surface area contributed by atoms with Crippen LogP contribution < -0.4 is 0 Å². The standard InChI is InChI=1S/C12H22N2O.C2H6/c1-13-9-5-11(6-10-13)12(15)14-7-3-2-4-8-14;1-2/h11H,2-10H2,1H3;1-2H3. The smallest absolute Gasteiger partial charge is 0.225 e. The molecule has 2 saturated heterocycles. The quantitative estimate of drug-likeness (QED) is 0.702. The van der Waals surface area contributed by atoms with Crippen molar-refractivity contribution in [3.8, 4) is 0 Å². The summed E-state index contributed by atoms with van der Waals surface area (Å²) in [7, 11) is 2.14. The Labute approximate surface area is 106 Å². The Morgan fingerprint density at radius 1 is 0.941 bits per heavy atom. The molecule has 0 aromatic carbocycles. The third-order valence-electron chi connectivity index (χ3n) is 3.74. The average Bonchev–Trinajstić information content (AvgIpc) is 2.42. The van der Waals surface area contributed by atoms with Crippen molar-refractivity contribution < 1.29 is 4.79 Å². The average molecular weight is 240 g/mol. The van der Waals surface area contributed by atoms with Gasteiger partial charge in [-0.25, -0.2) is 0 Å². The first-order valence-corrected chi connectivity index (χ1v) is 7.25. The summed E-state index contributed by atoms with van der Waals surface area (Å²) in [4.78, 5) is 16.6. The lowest BCUT2D eigenvalue weighted by atomic mass is 9.95. The van der Waals surface area contributed by atoms with Crippen LogP contribution in [0.3, 0.4) is 0 Å². The second-order valence-electron chi connectivity index (χ2n) is 4.96. The molecule has 2 aliphatic heterocycles. The van der Waals surface area contributed by atoms with Crippen molar-refractivity contribution in [2.45, 2.75) is 46.0 Å². The fraction of sp³-hybridized carbons (Fsp3) is 0.929. The van der Waals surface area contributed by atoms with Crippen molar-refractivity contribution in [2.24, 2.45) is 5.92 Å². The normalized spacial score (nSPS) is 22.9. The topological polar surface area (TPSA) is 23.6 Å². The van der Waals surface area contributed by atoms with Gasteiger partial charge in [0.15, 0.2) is 0 Å². The van der Waals surface area contributed by atoms with Crippen LogP contribution in [-0.4, -0.2) is 48.9 Å². The summed E-state index contributed by atoms with van der Waals surface area (Å²) in [6.45, 7) is 8.19. The van der Waals surface area contributed by atoms with E-state index in [4.69, 9.17) is 0 Å². The maximum Gasteiger partial charge on any atom is 0.225 e. The van der Waals surface area contributed by atoms with E-state index in [1.54, 1.807) is 0 Å². The third-order valence-corrected chi connectivity index (χ3v) is 3.74. The van der Waals surface area contributed by atoms with Crippen LogP contribution in [0.4, 0.5) is 0 Å². The molecule has 3 heteroatoms. The van der Waals surface area contributed by atoms with E-state index in [9.17, 15) is 4.79 Å². The third kappa shape index (κ3) is 4.30. The Hall–Kier alpha value is -0.570. The fourth-order valence-corrected chi connectivity index (χ4v) is 2.63. The number of amides is 1. The second kappa shape index (κ2) is 7.70. The first-order chi connectivity index (χ1) is 8.27. The van der Waals surface area contributed by atoms with E-state index in [-0.39, 0.29) is 0 Å². The molecule has 0 aromatic rings. The van der Waals surface area contributed by atoms with E-state index in [0.29, 0.717) is 11.8 Å². The van der Waals surface area contributed by atoms with Crippen molar-refractivity contribution in [2.75, 3.05) is 33.2 Å². The van der Waals surface area contributed by atoms with Gasteiger partial charge in [0.2, 0.25) is 5.91 Å². The van der Waals surface area contributed by atoms with E-state index in [1.165, 1.54) is 19.3 Å².